The van der Waals surface area contributed by atoms with Gasteiger partial charge in [0.15, 0.2) is 5.13 Å². The Morgan fingerprint density at radius 3 is 2.77 bits per heavy atom. The fourth-order valence-corrected chi connectivity index (χ4v) is 8.69. The molecule has 1 N–H and O–H groups in total. The van der Waals surface area contributed by atoms with Crippen molar-refractivity contribution >= 4 is 28.3 Å². The quantitative estimate of drug-likeness (QED) is 0.736. The fourth-order valence-electron chi connectivity index (χ4n) is 7.88. The van der Waals surface area contributed by atoms with Crippen LogP contribution in [0.5, 0.6) is 0 Å². The minimum Gasteiger partial charge on any atom is -0.338 e. The average Bonchev–Trinajstić information content (AvgIpc) is 3.28. The Balaban J connectivity index is 1.42. The number of amides is 2. The van der Waals surface area contributed by atoms with Crippen LogP contribution < -0.4 is 5.32 Å². The molecule has 3 fully saturated rings. The van der Waals surface area contributed by atoms with E-state index in [0.717, 1.165) is 23.4 Å². The van der Waals surface area contributed by atoms with E-state index in [1.807, 2.05) is 18.0 Å². The third-order valence-electron chi connectivity index (χ3n) is 9.29. The molecule has 2 heterocycles. The molecule has 1 aliphatic heterocycles. The molecule has 5 rings (SSSR count). The van der Waals surface area contributed by atoms with Gasteiger partial charge < -0.3 is 10.2 Å². The maximum Gasteiger partial charge on any atom is 0.246 e. The van der Waals surface area contributed by atoms with Crippen LogP contribution in [0.15, 0.2) is 17.5 Å². The zero-order chi connectivity index (χ0) is 21.3. The third-order valence-corrected chi connectivity index (χ3v) is 10.1. The summed E-state index contributed by atoms with van der Waals surface area (Å²) < 4.78 is 0. The Hall–Kier alpha value is -1.69. The summed E-state index contributed by atoms with van der Waals surface area (Å²) in [6.45, 7) is 6.45. The summed E-state index contributed by atoms with van der Waals surface area (Å²) in [4.78, 5) is 30.5. The third kappa shape index (κ3) is 2.82. The van der Waals surface area contributed by atoms with Gasteiger partial charge in [0.05, 0.1) is 5.69 Å². The molecule has 5 nitrogen and oxygen atoms in total. The molecule has 3 saturated carbocycles. The minimum atomic E-state index is -0.0547. The van der Waals surface area contributed by atoms with Gasteiger partial charge in [-0.2, -0.15) is 0 Å². The molecule has 0 spiro atoms. The Morgan fingerprint density at radius 2 is 2.00 bits per heavy atom. The van der Waals surface area contributed by atoms with Crippen molar-refractivity contribution in [3.8, 4) is 0 Å². The summed E-state index contributed by atoms with van der Waals surface area (Å²) in [6, 6.07) is 0.344. The van der Waals surface area contributed by atoms with Crippen LogP contribution in [0.4, 0.5) is 5.13 Å². The molecule has 162 valence electrons. The number of anilines is 1. The first-order valence-electron chi connectivity index (χ1n) is 11.4. The van der Waals surface area contributed by atoms with Gasteiger partial charge in [-0.05, 0) is 67.8 Å². The molecule has 1 aromatic heterocycles. The van der Waals surface area contributed by atoms with Crippen molar-refractivity contribution in [1.82, 2.24) is 9.88 Å². The summed E-state index contributed by atoms with van der Waals surface area (Å²) in [7, 11) is 1.99. The van der Waals surface area contributed by atoms with Gasteiger partial charge in [-0.1, -0.05) is 19.9 Å². The Kier molecular flexibility index (Phi) is 4.66. The van der Waals surface area contributed by atoms with Gasteiger partial charge >= 0.3 is 0 Å². The van der Waals surface area contributed by atoms with E-state index in [2.05, 4.69) is 30.6 Å². The van der Waals surface area contributed by atoms with Crippen molar-refractivity contribution in [2.24, 2.45) is 28.6 Å². The second-order valence-electron chi connectivity index (χ2n) is 10.6. The molecule has 0 bridgehead atoms. The zero-order valence-corrected chi connectivity index (χ0v) is 19.3. The van der Waals surface area contributed by atoms with Crippen LogP contribution in [0.25, 0.3) is 0 Å². The van der Waals surface area contributed by atoms with E-state index >= 15 is 0 Å². The summed E-state index contributed by atoms with van der Waals surface area (Å²) in [5, 5.41) is 5.74. The average molecular weight is 428 g/mol. The SMILES string of the molecule is CC(=O)Nc1nc(C2CC[C@H]3[C@@H]4CCC5N(C)C(=O)C=C[C@]5(C)[C@@H]4CC[C@]23C)cs1. The number of nitrogens with one attached hydrogen (secondary N) is 1. The molecular formula is C24H33N3O2S. The topological polar surface area (TPSA) is 62.3 Å². The van der Waals surface area contributed by atoms with Crippen LogP contribution in [0.3, 0.4) is 0 Å². The van der Waals surface area contributed by atoms with Gasteiger partial charge in [-0.3, -0.25) is 9.59 Å². The van der Waals surface area contributed by atoms with Crippen LogP contribution in [-0.4, -0.2) is 34.8 Å². The van der Waals surface area contributed by atoms with Crippen LogP contribution in [-0.2, 0) is 9.59 Å². The van der Waals surface area contributed by atoms with Crippen molar-refractivity contribution in [3.05, 3.63) is 23.2 Å². The lowest BCUT2D eigenvalue weighted by molar-refractivity contribution is -0.138. The van der Waals surface area contributed by atoms with E-state index in [1.54, 1.807) is 11.3 Å². The summed E-state index contributed by atoms with van der Waals surface area (Å²) >= 11 is 1.55. The Bertz CT molecular complexity index is 910. The van der Waals surface area contributed by atoms with Crippen molar-refractivity contribution < 1.29 is 9.59 Å². The molecule has 0 saturated heterocycles. The van der Waals surface area contributed by atoms with Gasteiger partial charge in [0.25, 0.3) is 0 Å². The van der Waals surface area contributed by atoms with Gasteiger partial charge in [0.2, 0.25) is 11.8 Å². The normalized spacial score (nSPS) is 42.5. The van der Waals surface area contributed by atoms with E-state index in [-0.39, 0.29) is 22.6 Å². The molecule has 1 aromatic rings. The molecule has 2 amide bonds. The molecule has 0 aromatic carbocycles. The number of likely N-dealkylation sites (N-methyl/N-ethyl adjacent to an activating group) is 1. The fraction of sp³-hybridized carbons (Fsp3) is 0.708. The molecule has 3 aliphatic carbocycles. The van der Waals surface area contributed by atoms with Gasteiger partial charge in [0.1, 0.15) is 0 Å². The van der Waals surface area contributed by atoms with Crippen LogP contribution in [0, 0.1) is 28.6 Å². The largest absolute Gasteiger partial charge is 0.338 e. The number of aromatic nitrogens is 1. The van der Waals surface area contributed by atoms with Crippen LogP contribution in [0.1, 0.15) is 70.9 Å². The van der Waals surface area contributed by atoms with Crippen molar-refractivity contribution in [2.75, 3.05) is 12.4 Å². The molecular weight excluding hydrogens is 394 g/mol. The Labute approximate surface area is 183 Å². The van der Waals surface area contributed by atoms with Crippen LogP contribution >= 0.6 is 11.3 Å². The summed E-state index contributed by atoms with van der Waals surface area (Å²) in [5.41, 5.74) is 1.56. The van der Waals surface area contributed by atoms with Crippen molar-refractivity contribution in [2.45, 2.75) is 71.3 Å². The predicted molar refractivity (Wildman–Crippen MR) is 119 cm³/mol. The summed E-state index contributed by atoms with van der Waals surface area (Å²) in [5.74, 6) is 2.71. The van der Waals surface area contributed by atoms with E-state index in [4.69, 9.17) is 4.98 Å². The first kappa shape index (κ1) is 20.2. The first-order chi connectivity index (χ1) is 14.2. The number of thiazole rings is 1. The highest BCUT2D eigenvalue weighted by atomic mass is 32.1. The molecule has 30 heavy (non-hydrogen) atoms. The lowest BCUT2D eigenvalue weighted by Gasteiger charge is -2.60. The lowest BCUT2D eigenvalue weighted by Crippen LogP contribution is -2.59. The second kappa shape index (κ2) is 6.91. The highest BCUT2D eigenvalue weighted by Gasteiger charge is 2.60. The van der Waals surface area contributed by atoms with Crippen LogP contribution in [0.2, 0.25) is 0 Å². The van der Waals surface area contributed by atoms with Gasteiger partial charge in [-0.15, -0.1) is 11.3 Å². The number of nitrogens with zero attached hydrogens (tertiary/aromatic N) is 2. The van der Waals surface area contributed by atoms with E-state index in [9.17, 15) is 9.59 Å². The molecule has 2 unspecified atom stereocenters. The van der Waals surface area contributed by atoms with Gasteiger partial charge in [0, 0.05) is 36.7 Å². The maximum absolute atomic E-state index is 12.3. The molecule has 0 radical (unpaired) electrons. The number of fused-ring (bicyclic) bond motifs is 5. The number of hydrogen-bond acceptors (Lipinski definition) is 4. The lowest BCUT2D eigenvalue weighted by atomic mass is 9.47. The van der Waals surface area contributed by atoms with Crippen molar-refractivity contribution in [3.63, 3.8) is 0 Å². The minimum absolute atomic E-state index is 0.0547. The molecule has 6 heteroatoms. The molecule has 4 aliphatic rings. The highest BCUT2D eigenvalue weighted by molar-refractivity contribution is 7.13. The number of carbonyl (C=O) groups is 2. The maximum atomic E-state index is 12.3. The monoisotopic (exact) mass is 427 g/mol. The van der Waals surface area contributed by atoms with Crippen molar-refractivity contribution in [1.29, 1.82) is 0 Å². The smallest absolute Gasteiger partial charge is 0.246 e. The first-order valence-corrected chi connectivity index (χ1v) is 12.3. The highest BCUT2D eigenvalue weighted by Crippen LogP contribution is 2.67. The summed E-state index contributed by atoms with van der Waals surface area (Å²) in [6.07, 6.45) is 11.4. The van der Waals surface area contributed by atoms with E-state index in [1.165, 1.54) is 44.7 Å². The van der Waals surface area contributed by atoms with E-state index in [0.29, 0.717) is 17.9 Å². The molecule has 7 atom stereocenters. The Morgan fingerprint density at radius 1 is 1.20 bits per heavy atom. The predicted octanol–water partition coefficient (Wildman–Crippen LogP) is 4.82. The zero-order valence-electron chi connectivity index (χ0n) is 18.5. The number of rotatable bonds is 2. The van der Waals surface area contributed by atoms with Gasteiger partial charge in [-0.25, -0.2) is 4.98 Å². The second-order valence-corrected chi connectivity index (χ2v) is 11.4. The number of carbonyl (C=O) groups excluding carboxylic acids is 2. The number of hydrogen-bond donors (Lipinski definition) is 1. The standard InChI is InChI=1S/C24H33N3O2S/c1-14(28)25-22-26-19(13-30-22)18-7-6-16-15-5-8-20-24(3,12-10-21(29)27(20)4)17(15)9-11-23(16,18)2/h10,12-13,15-18,20H,5-9,11H2,1-4H3,(H,25,26,28)/t15-,16-,17+,18?,20?,23-,24+/m0/s1. The van der Waals surface area contributed by atoms with E-state index < -0.39 is 0 Å².